The van der Waals surface area contributed by atoms with E-state index in [1.165, 1.54) is 6.08 Å². The van der Waals surface area contributed by atoms with Crippen LogP contribution in [0, 0.1) is 5.92 Å². The summed E-state index contributed by atoms with van der Waals surface area (Å²) >= 11 is 0. The lowest BCUT2D eigenvalue weighted by molar-refractivity contribution is -0.139. The van der Waals surface area contributed by atoms with Crippen molar-refractivity contribution in [2.24, 2.45) is 17.4 Å². The Hall–Kier alpha value is -1.03. The molecule has 0 amide bonds. The summed E-state index contributed by atoms with van der Waals surface area (Å²) in [5.74, 6) is -1.40. The van der Waals surface area contributed by atoms with Gasteiger partial charge in [-0.2, -0.15) is 0 Å². The van der Waals surface area contributed by atoms with Crippen LogP contribution in [0.1, 0.15) is 13.3 Å². The Morgan fingerprint density at radius 2 is 2.27 bits per heavy atom. The Morgan fingerprint density at radius 3 is 2.64 bits per heavy atom. The van der Waals surface area contributed by atoms with Crippen molar-refractivity contribution in [1.82, 2.24) is 0 Å². The minimum Gasteiger partial charge on any atom is -0.481 e. The molecular formula is C7H14N2O2. The average molecular weight is 158 g/mol. The van der Waals surface area contributed by atoms with Crippen LogP contribution < -0.4 is 11.5 Å². The summed E-state index contributed by atoms with van der Waals surface area (Å²) < 4.78 is 0. The first-order valence-corrected chi connectivity index (χ1v) is 3.47. The third-order valence-corrected chi connectivity index (χ3v) is 1.29. The molecule has 1 unspecified atom stereocenters. The van der Waals surface area contributed by atoms with E-state index in [1.807, 2.05) is 0 Å². The molecule has 0 aromatic carbocycles. The smallest absolute Gasteiger partial charge is 0.310 e. The maximum absolute atomic E-state index is 10.3. The van der Waals surface area contributed by atoms with Gasteiger partial charge in [-0.1, -0.05) is 6.08 Å². The van der Waals surface area contributed by atoms with E-state index >= 15 is 0 Å². The Kier molecular flexibility index (Phi) is 4.29. The SMILES string of the molecule is CC(C=C(N)CCN)C(=O)O. The number of rotatable bonds is 4. The molecule has 0 radical (unpaired) electrons. The van der Waals surface area contributed by atoms with Crippen LogP contribution in [0.4, 0.5) is 0 Å². The van der Waals surface area contributed by atoms with E-state index in [0.717, 1.165) is 0 Å². The van der Waals surface area contributed by atoms with E-state index in [0.29, 0.717) is 18.7 Å². The second kappa shape index (κ2) is 4.73. The summed E-state index contributed by atoms with van der Waals surface area (Å²) in [6.45, 7) is 2.03. The number of carbonyl (C=O) groups is 1. The van der Waals surface area contributed by atoms with Gasteiger partial charge in [-0.3, -0.25) is 4.79 Å². The van der Waals surface area contributed by atoms with Crippen molar-refractivity contribution in [2.45, 2.75) is 13.3 Å². The van der Waals surface area contributed by atoms with Crippen LogP contribution in [-0.4, -0.2) is 17.6 Å². The first-order valence-electron chi connectivity index (χ1n) is 3.47. The molecule has 64 valence electrons. The Morgan fingerprint density at radius 1 is 1.73 bits per heavy atom. The highest BCUT2D eigenvalue weighted by Gasteiger charge is 2.06. The monoisotopic (exact) mass is 158 g/mol. The minimum absolute atomic E-state index is 0.453. The summed E-state index contributed by atoms with van der Waals surface area (Å²) in [5.41, 5.74) is 11.2. The number of aliphatic carboxylic acids is 1. The quantitative estimate of drug-likeness (QED) is 0.533. The molecule has 0 aliphatic carbocycles. The fraction of sp³-hybridized carbons (Fsp3) is 0.571. The molecule has 5 N–H and O–H groups in total. The van der Waals surface area contributed by atoms with Crippen molar-refractivity contribution in [3.63, 3.8) is 0 Å². The van der Waals surface area contributed by atoms with Gasteiger partial charge in [0, 0.05) is 5.70 Å². The molecule has 11 heavy (non-hydrogen) atoms. The van der Waals surface area contributed by atoms with Crippen molar-refractivity contribution in [3.8, 4) is 0 Å². The molecule has 0 spiro atoms. The van der Waals surface area contributed by atoms with E-state index in [9.17, 15) is 4.79 Å². The molecule has 0 rings (SSSR count). The molecule has 0 aromatic heterocycles. The van der Waals surface area contributed by atoms with Crippen molar-refractivity contribution in [2.75, 3.05) is 6.54 Å². The molecule has 4 nitrogen and oxygen atoms in total. The predicted molar refractivity (Wildman–Crippen MR) is 42.7 cm³/mol. The second-order valence-electron chi connectivity index (χ2n) is 2.41. The largest absolute Gasteiger partial charge is 0.481 e. The fourth-order valence-corrected chi connectivity index (χ4v) is 0.642. The van der Waals surface area contributed by atoms with Crippen molar-refractivity contribution >= 4 is 5.97 Å². The van der Waals surface area contributed by atoms with Crippen LogP contribution in [0.5, 0.6) is 0 Å². The standard InChI is InChI=1S/C7H14N2O2/c1-5(7(10)11)4-6(9)2-3-8/h4-5H,2-3,8-9H2,1H3,(H,10,11). The molecule has 4 heteroatoms. The van der Waals surface area contributed by atoms with Crippen molar-refractivity contribution in [3.05, 3.63) is 11.8 Å². The van der Waals surface area contributed by atoms with Crippen LogP contribution in [0.25, 0.3) is 0 Å². The third-order valence-electron chi connectivity index (χ3n) is 1.29. The zero-order valence-electron chi connectivity index (χ0n) is 6.58. The highest BCUT2D eigenvalue weighted by molar-refractivity contribution is 5.71. The maximum atomic E-state index is 10.3. The van der Waals surface area contributed by atoms with Gasteiger partial charge in [-0.15, -0.1) is 0 Å². The summed E-state index contributed by atoms with van der Waals surface area (Å²) in [6, 6.07) is 0. The molecule has 0 heterocycles. The van der Waals surface area contributed by atoms with E-state index in [4.69, 9.17) is 16.6 Å². The lowest BCUT2D eigenvalue weighted by atomic mass is 10.1. The van der Waals surface area contributed by atoms with Gasteiger partial charge in [0.05, 0.1) is 5.92 Å². The van der Waals surface area contributed by atoms with Gasteiger partial charge in [-0.05, 0) is 19.9 Å². The molecule has 0 saturated heterocycles. The summed E-state index contributed by atoms with van der Waals surface area (Å²) in [4.78, 5) is 10.3. The summed E-state index contributed by atoms with van der Waals surface area (Å²) in [5, 5.41) is 8.47. The highest BCUT2D eigenvalue weighted by Crippen LogP contribution is 2.01. The van der Waals surface area contributed by atoms with E-state index in [2.05, 4.69) is 0 Å². The molecule has 1 atom stereocenters. The number of hydrogen-bond donors (Lipinski definition) is 3. The van der Waals surface area contributed by atoms with E-state index < -0.39 is 11.9 Å². The zero-order chi connectivity index (χ0) is 8.85. The van der Waals surface area contributed by atoms with Gasteiger partial charge in [0.1, 0.15) is 0 Å². The lowest BCUT2D eigenvalue weighted by Crippen LogP contribution is -2.12. The topological polar surface area (TPSA) is 89.3 Å². The first-order chi connectivity index (χ1) is 5.07. The number of carboxylic acids is 1. The first kappa shape index (κ1) is 9.97. The molecule has 0 bridgehead atoms. The molecule has 0 aliphatic heterocycles. The minimum atomic E-state index is -0.870. The van der Waals surface area contributed by atoms with Gasteiger partial charge in [0.25, 0.3) is 0 Å². The normalized spacial score (nSPS) is 14.5. The fourth-order valence-electron chi connectivity index (χ4n) is 0.642. The number of hydrogen-bond acceptors (Lipinski definition) is 3. The van der Waals surface area contributed by atoms with Gasteiger partial charge >= 0.3 is 5.97 Å². The van der Waals surface area contributed by atoms with Crippen LogP contribution >= 0.6 is 0 Å². The highest BCUT2D eigenvalue weighted by atomic mass is 16.4. The zero-order valence-corrected chi connectivity index (χ0v) is 6.58. The Labute approximate surface area is 65.9 Å². The Balaban J connectivity index is 3.96. The third kappa shape index (κ3) is 4.38. The van der Waals surface area contributed by atoms with Crippen LogP contribution in [0.2, 0.25) is 0 Å². The summed E-state index contributed by atoms with van der Waals surface area (Å²) in [6.07, 6.45) is 2.06. The summed E-state index contributed by atoms with van der Waals surface area (Å²) in [7, 11) is 0. The van der Waals surface area contributed by atoms with Crippen LogP contribution in [0.3, 0.4) is 0 Å². The lowest BCUT2D eigenvalue weighted by Gasteiger charge is -2.01. The predicted octanol–water partition coefficient (Wildman–Crippen LogP) is -0.101. The number of carboxylic acid groups (broad SMARTS) is 1. The van der Waals surface area contributed by atoms with Gasteiger partial charge < -0.3 is 16.6 Å². The van der Waals surface area contributed by atoms with Gasteiger partial charge in [0.15, 0.2) is 0 Å². The van der Waals surface area contributed by atoms with Crippen molar-refractivity contribution in [1.29, 1.82) is 0 Å². The van der Waals surface area contributed by atoms with Crippen LogP contribution in [0.15, 0.2) is 11.8 Å². The van der Waals surface area contributed by atoms with E-state index in [1.54, 1.807) is 6.92 Å². The van der Waals surface area contributed by atoms with Gasteiger partial charge in [0.2, 0.25) is 0 Å². The molecular weight excluding hydrogens is 144 g/mol. The van der Waals surface area contributed by atoms with Gasteiger partial charge in [-0.25, -0.2) is 0 Å². The second-order valence-corrected chi connectivity index (χ2v) is 2.41. The maximum Gasteiger partial charge on any atom is 0.310 e. The molecule has 0 aliphatic rings. The molecule has 0 fully saturated rings. The molecule has 0 saturated carbocycles. The average Bonchev–Trinajstić information content (AvgIpc) is 1.87. The van der Waals surface area contributed by atoms with E-state index in [-0.39, 0.29) is 0 Å². The van der Waals surface area contributed by atoms with Crippen LogP contribution in [-0.2, 0) is 4.79 Å². The molecule has 0 aromatic rings. The van der Waals surface area contributed by atoms with Crippen molar-refractivity contribution < 1.29 is 9.90 Å². The Bertz CT molecular complexity index is 166. The number of nitrogens with two attached hydrogens (primary N) is 2.